The van der Waals surface area contributed by atoms with Crippen molar-refractivity contribution >= 4 is 34.3 Å². The van der Waals surface area contributed by atoms with Gasteiger partial charge in [-0.05, 0) is 6.07 Å². The Hall–Kier alpha value is -10.2. The van der Waals surface area contributed by atoms with E-state index in [1.165, 1.54) is 0 Å². The number of nitrogens with zero attached hydrogens (tertiary/aromatic N) is 23. The second-order valence-electron chi connectivity index (χ2n) is 9.84. The number of fused-ring (bicyclic) bond motifs is 3. The summed E-state index contributed by atoms with van der Waals surface area (Å²) in [5, 5.41) is 48.9. The van der Waals surface area contributed by atoms with Crippen molar-refractivity contribution < 1.29 is 0 Å². The molecule has 0 saturated carbocycles. The predicted octanol–water partition coefficient (Wildman–Crippen LogP) is -1.10. The zero-order valence-electron chi connectivity index (χ0n) is 25.9. The molecule has 0 N–H and O–H groups in total. The topological polar surface area (TPSA) is 314 Å². The summed E-state index contributed by atoms with van der Waals surface area (Å²) in [4.78, 5) is 70.8. The standard InChI is InChI=1S/C31HN23/c1-37-18(23-51-28-29(52-23)50-21(38-2)17(10-36)45-28)22-41-13(11(6-32)19-46-26-27(47-19)44-16(9-35)15(8-34)43-26)5-14(42-22)12(7-33)20-48-30-31(49-20)54-25(40-4)24(39-3)53-30/h5H/b23-18-. The Kier molecular flexibility index (Phi) is 7.57. The maximum atomic E-state index is 10.4. The van der Waals surface area contributed by atoms with E-state index in [2.05, 4.69) is 89.2 Å². The van der Waals surface area contributed by atoms with E-state index in [0.717, 1.165) is 6.07 Å². The van der Waals surface area contributed by atoms with E-state index in [-0.39, 0.29) is 107 Å². The Morgan fingerprint density at radius 1 is 0.463 bits per heavy atom. The van der Waals surface area contributed by atoms with Crippen LogP contribution >= 0.6 is 0 Å². The van der Waals surface area contributed by atoms with Gasteiger partial charge in [-0.3, -0.25) is 0 Å². The Morgan fingerprint density at radius 3 is 1.20 bits per heavy atom. The van der Waals surface area contributed by atoms with Gasteiger partial charge in [-0.1, -0.05) is 24.7 Å². The van der Waals surface area contributed by atoms with Crippen molar-refractivity contribution in [2.45, 2.75) is 0 Å². The lowest BCUT2D eigenvalue weighted by atomic mass is 10.1. The van der Waals surface area contributed by atoms with Crippen LogP contribution in [0.3, 0.4) is 0 Å². The number of hydrogen-bond donors (Lipinski definition) is 0. The van der Waals surface area contributed by atoms with Crippen LogP contribution in [-0.4, -0.2) is 39.9 Å². The first-order chi connectivity index (χ1) is 26.3. The molecule has 0 bridgehead atoms. The summed E-state index contributed by atoms with van der Waals surface area (Å²) in [6.45, 7) is 29.9. The van der Waals surface area contributed by atoms with Crippen LogP contribution < -0.4 is 32.9 Å². The third-order valence-corrected chi connectivity index (χ3v) is 6.88. The van der Waals surface area contributed by atoms with Crippen molar-refractivity contribution in [3.05, 3.63) is 136 Å². The molecule has 240 valence electrons. The van der Waals surface area contributed by atoms with Crippen LogP contribution in [0.25, 0.3) is 36.2 Å². The SMILES string of the molecule is [C-]#[N+]/C(=C1/N=c2nc(C#N)c([N+]#[C-])nc2=N1)c1nc(C(C#N)=C2N=c3nc(C#N)c(C#N)nc3=N2)cc(C(C#N)=C2N=c3nc([N+]#[C-])c([N+]#[C-])nc3=N2)n1. The van der Waals surface area contributed by atoms with Gasteiger partial charge in [0.05, 0.1) is 18.0 Å². The molecule has 0 radical (unpaired) electrons. The minimum absolute atomic E-state index is 0.166. The van der Waals surface area contributed by atoms with Crippen LogP contribution in [0.1, 0.15) is 34.3 Å². The van der Waals surface area contributed by atoms with Crippen molar-refractivity contribution in [2.75, 3.05) is 0 Å². The molecule has 0 unspecified atom stereocenters. The molecule has 23 nitrogen and oxygen atoms in total. The zero-order valence-corrected chi connectivity index (χ0v) is 25.9. The Balaban J connectivity index is 1.51. The van der Waals surface area contributed by atoms with Crippen molar-refractivity contribution in [3.63, 3.8) is 0 Å². The molecule has 0 aromatic carbocycles. The lowest BCUT2D eigenvalue weighted by Crippen LogP contribution is -2.31. The quantitative estimate of drug-likeness (QED) is 0.182. The Bertz CT molecular complexity index is 2890. The van der Waals surface area contributed by atoms with Crippen LogP contribution in [0, 0.1) is 82.9 Å². The van der Waals surface area contributed by atoms with Gasteiger partial charge in [-0.2, -0.15) is 41.3 Å². The maximum absolute atomic E-state index is 10.4. The minimum Gasteiger partial charge on any atom is -0.370 e. The highest BCUT2D eigenvalue weighted by Crippen LogP contribution is 2.29. The monoisotopic (exact) mass is 695 g/mol. The number of nitriles is 5. The molecule has 7 heterocycles. The van der Waals surface area contributed by atoms with Gasteiger partial charge in [0.1, 0.15) is 41.5 Å². The minimum atomic E-state index is -0.456. The molecule has 0 spiro atoms. The van der Waals surface area contributed by atoms with Gasteiger partial charge in [-0.15, -0.1) is 9.97 Å². The fourth-order valence-corrected chi connectivity index (χ4v) is 4.60. The van der Waals surface area contributed by atoms with Gasteiger partial charge in [0.25, 0.3) is 22.8 Å². The van der Waals surface area contributed by atoms with E-state index in [0.29, 0.717) is 0 Å². The molecule has 0 saturated heterocycles. The summed E-state index contributed by atoms with van der Waals surface area (Å²) in [7, 11) is 0. The van der Waals surface area contributed by atoms with Crippen LogP contribution in [0.4, 0.5) is 17.5 Å². The van der Waals surface area contributed by atoms with Crippen LogP contribution in [-0.2, 0) is 0 Å². The van der Waals surface area contributed by atoms with E-state index >= 15 is 0 Å². The number of rotatable bonds is 3. The average molecular weight is 696 g/mol. The molecule has 54 heavy (non-hydrogen) atoms. The molecule has 3 aliphatic rings. The normalized spacial score (nSPS) is 12.9. The average Bonchev–Trinajstić information content (AvgIpc) is 3.92. The fraction of sp³-hybridized carbons (Fsp3) is 0. The third kappa shape index (κ3) is 5.17. The van der Waals surface area contributed by atoms with Crippen LogP contribution in [0.5, 0.6) is 0 Å². The first-order valence-corrected chi connectivity index (χ1v) is 14.0. The molecule has 23 heteroatoms. The fourth-order valence-electron chi connectivity index (χ4n) is 4.60. The number of hydrogen-bond acceptors (Lipinski definition) is 19. The van der Waals surface area contributed by atoms with E-state index < -0.39 is 11.5 Å². The molecule has 0 fully saturated rings. The Labute approximate surface area is 296 Å². The Morgan fingerprint density at radius 2 is 0.833 bits per heavy atom. The van der Waals surface area contributed by atoms with Gasteiger partial charge in [0, 0.05) is 0 Å². The van der Waals surface area contributed by atoms with Crippen LogP contribution in [0.2, 0.25) is 0 Å². The van der Waals surface area contributed by atoms with Gasteiger partial charge < -0.3 is 14.5 Å². The summed E-state index contributed by atoms with van der Waals surface area (Å²) < 4.78 is 0. The molecule has 0 atom stereocenters. The molecule has 4 aromatic heterocycles. The lowest BCUT2D eigenvalue weighted by molar-refractivity contribution is 0.998. The van der Waals surface area contributed by atoms with E-state index in [4.69, 9.17) is 26.3 Å². The number of aromatic nitrogens is 8. The third-order valence-electron chi connectivity index (χ3n) is 6.88. The van der Waals surface area contributed by atoms with Crippen molar-refractivity contribution in [1.29, 1.82) is 26.3 Å². The van der Waals surface area contributed by atoms with E-state index in [1.54, 1.807) is 18.2 Å². The maximum Gasteiger partial charge on any atom is 0.317 e. The smallest absolute Gasteiger partial charge is 0.317 e. The van der Waals surface area contributed by atoms with Crippen LogP contribution in [0.15, 0.2) is 53.5 Å². The highest BCUT2D eigenvalue weighted by Gasteiger charge is 2.26. The molecule has 4 aromatic rings. The molecule has 0 aliphatic carbocycles. The molecular weight excluding hydrogens is 695 g/mol. The highest BCUT2D eigenvalue weighted by atomic mass is 15.2. The summed E-state index contributed by atoms with van der Waals surface area (Å²) in [5.74, 6) is -2.45. The molecule has 0 amide bonds. The first-order valence-electron chi connectivity index (χ1n) is 14.0. The highest BCUT2D eigenvalue weighted by molar-refractivity contribution is 5.83. The summed E-state index contributed by atoms with van der Waals surface area (Å²) in [6, 6.07) is 10.2. The van der Waals surface area contributed by atoms with E-state index in [9.17, 15) is 26.3 Å². The van der Waals surface area contributed by atoms with Crippen molar-refractivity contribution in [2.24, 2.45) is 30.0 Å². The van der Waals surface area contributed by atoms with Crippen molar-refractivity contribution in [1.82, 2.24) is 39.9 Å². The van der Waals surface area contributed by atoms with Gasteiger partial charge in [0.2, 0.25) is 16.5 Å². The summed E-state index contributed by atoms with van der Waals surface area (Å²) >= 11 is 0. The van der Waals surface area contributed by atoms with Gasteiger partial charge >= 0.3 is 16.8 Å². The molecule has 7 rings (SSSR count). The number of allylic oxidation sites excluding steroid dienone is 2. The second kappa shape index (κ2) is 12.7. The zero-order chi connectivity index (χ0) is 38.1. The molecule has 3 aliphatic heterocycles. The van der Waals surface area contributed by atoms with Gasteiger partial charge in [-0.25, -0.2) is 44.7 Å². The summed E-state index contributed by atoms with van der Waals surface area (Å²) in [5.41, 5.74) is -3.76. The molecular formula is C31HN23. The predicted molar refractivity (Wildman–Crippen MR) is 167 cm³/mol. The van der Waals surface area contributed by atoms with Crippen molar-refractivity contribution in [3.8, 4) is 30.3 Å². The second-order valence-corrected chi connectivity index (χ2v) is 9.84. The van der Waals surface area contributed by atoms with Gasteiger partial charge in [0.15, 0.2) is 40.4 Å². The summed E-state index contributed by atoms with van der Waals surface area (Å²) in [6.07, 6.45) is 0. The largest absolute Gasteiger partial charge is 0.370 e. The first kappa shape index (κ1) is 32.3. The lowest BCUT2D eigenvalue weighted by Gasteiger charge is -2.08. The van der Waals surface area contributed by atoms with E-state index in [1.807, 2.05) is 12.1 Å².